The topological polar surface area (TPSA) is 78.3 Å². The van der Waals surface area contributed by atoms with Crippen molar-refractivity contribution in [1.82, 2.24) is 9.88 Å². The molecule has 0 aliphatic carbocycles. The fraction of sp³-hybridized carbons (Fsp3) is 0.310. The maximum absolute atomic E-state index is 13.8. The molecule has 5 aromatic rings. The zero-order chi connectivity index (χ0) is 24.1. The zero-order valence-corrected chi connectivity index (χ0v) is 20.1. The van der Waals surface area contributed by atoms with Crippen molar-refractivity contribution in [3.05, 3.63) is 74.5 Å². The van der Waals surface area contributed by atoms with Crippen LogP contribution in [0.25, 0.3) is 43.7 Å². The first-order chi connectivity index (χ1) is 17.0. The fourth-order valence-corrected chi connectivity index (χ4v) is 5.57. The average molecular weight is 468 g/mol. The number of aromatic nitrogens is 1. The van der Waals surface area contributed by atoms with Crippen LogP contribution in [0.1, 0.15) is 31.7 Å². The maximum atomic E-state index is 13.8. The molecule has 1 fully saturated rings. The van der Waals surface area contributed by atoms with E-state index < -0.39 is 0 Å². The lowest BCUT2D eigenvalue weighted by Crippen LogP contribution is -2.40. The molecule has 0 radical (unpaired) electrons. The molecule has 6 nitrogen and oxygen atoms in total. The first kappa shape index (κ1) is 21.9. The van der Waals surface area contributed by atoms with E-state index in [1.54, 1.807) is 24.3 Å². The molecule has 0 saturated carbocycles. The summed E-state index contributed by atoms with van der Waals surface area (Å²) in [6, 6.07) is 15.3. The molecule has 6 rings (SSSR count). The van der Waals surface area contributed by atoms with Gasteiger partial charge in [0.1, 0.15) is 0 Å². The van der Waals surface area contributed by atoms with Crippen molar-refractivity contribution in [3.63, 3.8) is 0 Å². The maximum Gasteiger partial charge on any atom is 0.196 e. The van der Waals surface area contributed by atoms with Gasteiger partial charge in [-0.25, -0.2) is 0 Å². The summed E-state index contributed by atoms with van der Waals surface area (Å²) >= 11 is 0. The van der Waals surface area contributed by atoms with Gasteiger partial charge in [0.25, 0.3) is 0 Å². The van der Waals surface area contributed by atoms with Crippen LogP contribution < -0.4 is 16.2 Å². The van der Waals surface area contributed by atoms with Crippen LogP contribution in [0.4, 0.5) is 5.69 Å². The monoisotopic (exact) mass is 467 g/mol. The van der Waals surface area contributed by atoms with Crippen LogP contribution in [-0.2, 0) is 0 Å². The number of nitrogens with one attached hydrogen (secondary N) is 2. The van der Waals surface area contributed by atoms with E-state index in [1.807, 2.05) is 31.2 Å². The molecule has 178 valence electrons. The predicted octanol–water partition coefficient (Wildman–Crippen LogP) is 5.54. The predicted molar refractivity (Wildman–Crippen MR) is 144 cm³/mol. The molecule has 0 amide bonds. The number of H-pyrrole nitrogens is 1. The molecule has 2 N–H and O–H groups in total. The van der Waals surface area contributed by atoms with Crippen LogP contribution in [0.3, 0.4) is 0 Å². The Morgan fingerprint density at radius 3 is 2.51 bits per heavy atom. The van der Waals surface area contributed by atoms with E-state index in [0.29, 0.717) is 56.5 Å². The molecule has 2 heterocycles. The summed E-state index contributed by atoms with van der Waals surface area (Å²) in [6.45, 7) is 6.93. The number of anilines is 1. The third-order valence-electron chi connectivity index (χ3n) is 7.52. The van der Waals surface area contributed by atoms with Crippen LogP contribution in [0.5, 0.6) is 0 Å². The highest BCUT2D eigenvalue weighted by molar-refractivity contribution is 6.14. The second-order valence-electron chi connectivity index (χ2n) is 9.73. The molecule has 35 heavy (non-hydrogen) atoms. The van der Waals surface area contributed by atoms with Gasteiger partial charge in [-0.1, -0.05) is 42.8 Å². The Balaban J connectivity index is 1.59. The Kier molecular flexibility index (Phi) is 5.33. The highest BCUT2D eigenvalue weighted by atomic mass is 16.3. The Bertz CT molecular complexity index is 1720. The quantitative estimate of drug-likeness (QED) is 0.268. The van der Waals surface area contributed by atoms with Gasteiger partial charge < -0.3 is 14.7 Å². The van der Waals surface area contributed by atoms with Crippen LogP contribution in [0.2, 0.25) is 0 Å². The molecule has 0 bridgehead atoms. The van der Waals surface area contributed by atoms with Gasteiger partial charge in [-0.3, -0.25) is 14.5 Å². The van der Waals surface area contributed by atoms with Crippen LogP contribution in [0.15, 0.2) is 62.5 Å². The molecule has 0 spiro atoms. The second kappa shape index (κ2) is 8.54. The Hall–Kier alpha value is -3.64. The van der Waals surface area contributed by atoms with E-state index in [9.17, 15) is 9.59 Å². The Morgan fingerprint density at radius 2 is 1.74 bits per heavy atom. The SMILES string of the molecule is Cc1cccc2oc3cc(NCCN4CCCCC4C)c4c(=O)c5ccccc5c(=O)c4c3[nH]c12. The van der Waals surface area contributed by atoms with Crippen molar-refractivity contribution < 1.29 is 4.42 Å². The summed E-state index contributed by atoms with van der Waals surface area (Å²) in [5, 5.41) is 5.18. The van der Waals surface area contributed by atoms with E-state index in [4.69, 9.17) is 4.42 Å². The minimum Gasteiger partial charge on any atom is -0.453 e. The second-order valence-corrected chi connectivity index (χ2v) is 9.73. The third-order valence-corrected chi connectivity index (χ3v) is 7.52. The van der Waals surface area contributed by atoms with Crippen molar-refractivity contribution in [2.45, 2.75) is 39.2 Å². The van der Waals surface area contributed by atoms with Crippen molar-refractivity contribution in [3.8, 4) is 0 Å². The van der Waals surface area contributed by atoms with Gasteiger partial charge >= 0.3 is 0 Å². The number of rotatable bonds is 4. The summed E-state index contributed by atoms with van der Waals surface area (Å²) in [5.74, 6) is 0. The van der Waals surface area contributed by atoms with Crippen molar-refractivity contribution in [2.75, 3.05) is 25.0 Å². The first-order valence-corrected chi connectivity index (χ1v) is 12.4. The van der Waals surface area contributed by atoms with Crippen molar-refractivity contribution in [2.24, 2.45) is 0 Å². The Labute approximate surface area is 202 Å². The van der Waals surface area contributed by atoms with E-state index in [2.05, 4.69) is 22.1 Å². The van der Waals surface area contributed by atoms with Crippen LogP contribution >= 0.6 is 0 Å². The Morgan fingerprint density at radius 1 is 0.971 bits per heavy atom. The summed E-state index contributed by atoms with van der Waals surface area (Å²) < 4.78 is 6.27. The lowest BCUT2D eigenvalue weighted by atomic mass is 9.99. The van der Waals surface area contributed by atoms with Gasteiger partial charge in [-0.15, -0.1) is 0 Å². The van der Waals surface area contributed by atoms with Crippen molar-refractivity contribution in [1.29, 1.82) is 0 Å². The number of hydrogen-bond acceptors (Lipinski definition) is 5. The molecule has 4 aromatic carbocycles. The lowest BCUT2D eigenvalue weighted by Gasteiger charge is -2.33. The number of nitrogens with zero attached hydrogens (tertiary/aromatic N) is 1. The third kappa shape index (κ3) is 3.60. The van der Waals surface area contributed by atoms with Crippen molar-refractivity contribution >= 4 is 49.4 Å². The molecule has 1 atom stereocenters. The van der Waals surface area contributed by atoms with Gasteiger partial charge in [0.2, 0.25) is 0 Å². The number of aryl methyl sites for hydroxylation is 1. The molecule has 6 heteroatoms. The number of aromatic amines is 1. The van der Waals surface area contributed by atoms with Gasteiger partial charge in [0.05, 0.1) is 27.5 Å². The standard InChI is InChI=1S/C29H29N3O3/c1-17-8-7-12-22-26(17)31-27-23(35-22)16-21(30-13-15-32-14-6-5-9-18(32)2)24-25(27)29(34)20-11-4-3-10-19(20)28(24)33/h3-4,7-8,10-12,16,18,30-31H,5-6,9,13-15H2,1-2H3. The minimum absolute atomic E-state index is 0.135. The number of fused-ring (bicyclic) bond motifs is 5. The normalized spacial score (nSPS) is 17.0. The smallest absolute Gasteiger partial charge is 0.196 e. The van der Waals surface area contributed by atoms with Gasteiger partial charge in [0.15, 0.2) is 22.0 Å². The van der Waals surface area contributed by atoms with Gasteiger partial charge in [0, 0.05) is 36.0 Å². The summed E-state index contributed by atoms with van der Waals surface area (Å²) in [6.07, 6.45) is 3.72. The van der Waals surface area contributed by atoms with E-state index in [0.717, 1.165) is 24.2 Å². The molecule has 1 aromatic heterocycles. The molecule has 1 aliphatic rings. The number of hydrogen-bond donors (Lipinski definition) is 2. The zero-order valence-electron chi connectivity index (χ0n) is 20.1. The summed E-state index contributed by atoms with van der Waals surface area (Å²) in [5.41, 5.74) is 4.00. The van der Waals surface area contributed by atoms with Crippen LogP contribution in [-0.4, -0.2) is 35.6 Å². The number of piperidine rings is 1. The fourth-order valence-electron chi connectivity index (χ4n) is 5.57. The number of likely N-dealkylation sites (tertiary alicyclic amines) is 1. The van der Waals surface area contributed by atoms with E-state index >= 15 is 0 Å². The molecular weight excluding hydrogens is 438 g/mol. The highest BCUT2D eigenvalue weighted by Gasteiger charge is 2.21. The average Bonchev–Trinajstić information content (AvgIpc) is 2.87. The van der Waals surface area contributed by atoms with Gasteiger partial charge in [-0.05, 0) is 44.9 Å². The van der Waals surface area contributed by atoms with E-state index in [1.165, 1.54) is 19.3 Å². The lowest BCUT2D eigenvalue weighted by molar-refractivity contribution is 0.167. The summed E-state index contributed by atoms with van der Waals surface area (Å²) in [4.78, 5) is 33.4. The van der Waals surface area contributed by atoms with E-state index in [-0.39, 0.29) is 10.9 Å². The van der Waals surface area contributed by atoms with Crippen LogP contribution in [0, 0.1) is 6.92 Å². The molecule has 1 aliphatic heterocycles. The first-order valence-electron chi connectivity index (χ1n) is 12.4. The number of benzene rings is 4. The largest absolute Gasteiger partial charge is 0.453 e. The molecular formula is C29H29N3O3. The highest BCUT2D eigenvalue weighted by Crippen LogP contribution is 2.31. The number of para-hydroxylation sites is 1. The van der Waals surface area contributed by atoms with Gasteiger partial charge in [-0.2, -0.15) is 0 Å². The molecule has 1 saturated heterocycles. The summed E-state index contributed by atoms with van der Waals surface area (Å²) in [7, 11) is 0. The minimum atomic E-state index is -0.159. The molecule has 1 unspecified atom stereocenters.